The van der Waals surface area contributed by atoms with E-state index in [0.29, 0.717) is 41.0 Å². The predicted octanol–water partition coefficient (Wildman–Crippen LogP) is 4.43. The zero-order valence-electron chi connectivity index (χ0n) is 22.8. The number of anilines is 1. The highest BCUT2D eigenvalue weighted by molar-refractivity contribution is 5.82. The van der Waals surface area contributed by atoms with Crippen LogP contribution in [0, 0.1) is 11.2 Å². The molecule has 0 unspecified atom stereocenters. The van der Waals surface area contributed by atoms with E-state index in [9.17, 15) is 9.18 Å². The average Bonchev–Trinajstić information content (AvgIpc) is 3.42. The van der Waals surface area contributed by atoms with Crippen molar-refractivity contribution in [2.45, 2.75) is 19.8 Å². The number of ether oxygens (including phenoxy) is 3. The number of nitrogens with zero attached hydrogens (tertiary/aromatic N) is 4. The highest BCUT2D eigenvalue weighted by Gasteiger charge is 2.41. The standard InChI is InChI=1S/C29H31FN6O4/c1-29(27(37)36(2)3)16-39-26(40-17-29)25-34-23(19-7-9-20(30)10-8-19)24(35-25)22-13-14-31-28(33-22)32-15-18-5-11-21(38-4)12-6-18/h5-14,26H,15-17H2,1-4H3,(H,34,35)(H,31,32,33). The number of aromatic nitrogens is 4. The molecule has 11 heteroatoms. The zero-order chi connectivity index (χ0) is 28.3. The van der Waals surface area contributed by atoms with Gasteiger partial charge in [-0.1, -0.05) is 12.1 Å². The average molecular weight is 547 g/mol. The van der Waals surface area contributed by atoms with Crippen molar-refractivity contribution in [3.8, 4) is 28.4 Å². The second-order valence-corrected chi connectivity index (χ2v) is 10.0. The fourth-order valence-corrected chi connectivity index (χ4v) is 4.44. The minimum absolute atomic E-state index is 0.0752. The molecule has 1 aliphatic rings. The molecule has 0 atom stereocenters. The van der Waals surface area contributed by atoms with Gasteiger partial charge in [0.2, 0.25) is 18.1 Å². The number of halogens is 1. The summed E-state index contributed by atoms with van der Waals surface area (Å²) >= 11 is 0. The minimum atomic E-state index is -0.814. The first-order valence-electron chi connectivity index (χ1n) is 12.8. The second-order valence-electron chi connectivity index (χ2n) is 10.0. The van der Waals surface area contributed by atoms with Gasteiger partial charge in [0.25, 0.3) is 0 Å². The smallest absolute Gasteiger partial charge is 0.232 e. The van der Waals surface area contributed by atoms with Crippen LogP contribution in [0.2, 0.25) is 0 Å². The Bertz CT molecular complexity index is 1460. The van der Waals surface area contributed by atoms with Crippen molar-refractivity contribution in [1.82, 2.24) is 24.8 Å². The van der Waals surface area contributed by atoms with Gasteiger partial charge in [-0.05, 0) is 55.0 Å². The van der Waals surface area contributed by atoms with Crippen molar-refractivity contribution in [2.75, 3.05) is 39.7 Å². The SMILES string of the molecule is COc1ccc(CNc2nccc(-c3[nH]c(C4OCC(C)(C(=O)N(C)C)CO4)nc3-c3ccc(F)cc3)n2)cc1. The molecule has 0 spiro atoms. The van der Waals surface area contributed by atoms with E-state index in [1.54, 1.807) is 45.6 Å². The van der Waals surface area contributed by atoms with Crippen LogP contribution in [0.1, 0.15) is 24.6 Å². The van der Waals surface area contributed by atoms with Crippen LogP contribution in [0.5, 0.6) is 5.75 Å². The molecular formula is C29H31FN6O4. The van der Waals surface area contributed by atoms with Gasteiger partial charge in [-0.3, -0.25) is 4.79 Å². The van der Waals surface area contributed by atoms with Crippen molar-refractivity contribution >= 4 is 11.9 Å². The summed E-state index contributed by atoms with van der Waals surface area (Å²) in [4.78, 5) is 31.2. The lowest BCUT2D eigenvalue weighted by molar-refractivity contribution is -0.233. The number of benzene rings is 2. The van der Waals surface area contributed by atoms with Gasteiger partial charge >= 0.3 is 0 Å². The molecule has 3 heterocycles. The first-order valence-corrected chi connectivity index (χ1v) is 12.8. The fourth-order valence-electron chi connectivity index (χ4n) is 4.44. The molecular weight excluding hydrogens is 515 g/mol. The van der Waals surface area contributed by atoms with Gasteiger partial charge in [0.1, 0.15) is 11.6 Å². The summed E-state index contributed by atoms with van der Waals surface area (Å²) in [5.74, 6) is 1.20. The molecule has 2 aromatic heterocycles. The van der Waals surface area contributed by atoms with E-state index in [0.717, 1.165) is 11.3 Å². The molecule has 5 rings (SSSR count). The summed E-state index contributed by atoms with van der Waals surface area (Å²) < 4.78 is 30.8. The topological polar surface area (TPSA) is 114 Å². The van der Waals surface area contributed by atoms with Crippen molar-refractivity contribution < 1.29 is 23.4 Å². The Morgan fingerprint density at radius 1 is 1.10 bits per heavy atom. The van der Waals surface area contributed by atoms with Gasteiger partial charge < -0.3 is 29.4 Å². The van der Waals surface area contributed by atoms with Crippen LogP contribution in [0.3, 0.4) is 0 Å². The summed E-state index contributed by atoms with van der Waals surface area (Å²) in [5, 5.41) is 3.24. The molecule has 1 amide bonds. The maximum Gasteiger partial charge on any atom is 0.232 e. The van der Waals surface area contributed by atoms with E-state index in [1.807, 2.05) is 31.2 Å². The van der Waals surface area contributed by atoms with E-state index < -0.39 is 11.7 Å². The van der Waals surface area contributed by atoms with Gasteiger partial charge in [-0.15, -0.1) is 0 Å². The number of amides is 1. The van der Waals surface area contributed by atoms with E-state index in [4.69, 9.17) is 24.2 Å². The quantitative estimate of drug-likeness (QED) is 0.334. The number of aromatic amines is 1. The third kappa shape index (κ3) is 5.80. The third-order valence-corrected chi connectivity index (χ3v) is 6.61. The Balaban J connectivity index is 1.41. The zero-order valence-corrected chi connectivity index (χ0v) is 22.8. The molecule has 4 aromatic rings. The van der Waals surface area contributed by atoms with E-state index in [-0.39, 0.29) is 24.9 Å². The Labute approximate surface area is 231 Å². The summed E-state index contributed by atoms with van der Waals surface area (Å²) in [6, 6.07) is 15.5. The Kier molecular flexibility index (Phi) is 7.76. The van der Waals surface area contributed by atoms with Crippen molar-refractivity contribution in [1.29, 1.82) is 0 Å². The second kappa shape index (κ2) is 11.4. The van der Waals surface area contributed by atoms with Crippen LogP contribution in [0.4, 0.5) is 10.3 Å². The van der Waals surface area contributed by atoms with Crippen LogP contribution in [-0.2, 0) is 20.8 Å². The van der Waals surface area contributed by atoms with Crippen molar-refractivity contribution in [3.05, 3.63) is 78.0 Å². The number of hydrogen-bond acceptors (Lipinski definition) is 8. The van der Waals surface area contributed by atoms with Crippen LogP contribution in [0.15, 0.2) is 60.8 Å². The van der Waals surface area contributed by atoms with Crippen molar-refractivity contribution in [3.63, 3.8) is 0 Å². The molecule has 1 aliphatic heterocycles. The Hall–Kier alpha value is -4.35. The highest BCUT2D eigenvalue weighted by atomic mass is 19.1. The number of rotatable bonds is 8. The monoisotopic (exact) mass is 546 g/mol. The van der Waals surface area contributed by atoms with Crippen LogP contribution >= 0.6 is 0 Å². The van der Waals surface area contributed by atoms with E-state index in [1.165, 1.54) is 17.0 Å². The molecule has 10 nitrogen and oxygen atoms in total. The lowest BCUT2D eigenvalue weighted by Crippen LogP contribution is -2.48. The van der Waals surface area contributed by atoms with Crippen LogP contribution in [-0.4, -0.2) is 65.2 Å². The molecule has 0 aliphatic carbocycles. The largest absolute Gasteiger partial charge is 0.497 e. The molecule has 0 radical (unpaired) electrons. The summed E-state index contributed by atoms with van der Waals surface area (Å²) in [5.41, 5.74) is 2.66. The summed E-state index contributed by atoms with van der Waals surface area (Å²) in [6.07, 6.45) is 0.838. The Morgan fingerprint density at radius 3 is 2.45 bits per heavy atom. The normalized spacial score (nSPS) is 18.8. The maximum atomic E-state index is 13.7. The first-order chi connectivity index (χ1) is 19.3. The lowest BCUT2D eigenvalue weighted by Gasteiger charge is -2.36. The van der Waals surface area contributed by atoms with Crippen LogP contribution in [0.25, 0.3) is 22.6 Å². The van der Waals surface area contributed by atoms with Gasteiger partial charge in [0.05, 0.1) is 42.8 Å². The molecule has 40 heavy (non-hydrogen) atoms. The Morgan fingerprint density at radius 2 is 1.80 bits per heavy atom. The fraction of sp³-hybridized carbons (Fsp3) is 0.310. The molecule has 208 valence electrons. The number of methoxy groups -OCH3 is 1. The van der Waals surface area contributed by atoms with E-state index in [2.05, 4.69) is 15.3 Å². The molecule has 0 saturated carbocycles. The number of imidazole rings is 1. The first kappa shape index (κ1) is 27.2. The number of carbonyl (C=O) groups is 1. The number of hydrogen-bond donors (Lipinski definition) is 2. The molecule has 1 saturated heterocycles. The highest BCUT2D eigenvalue weighted by Crippen LogP contribution is 2.36. The maximum absolute atomic E-state index is 13.7. The van der Waals surface area contributed by atoms with E-state index >= 15 is 0 Å². The molecule has 2 N–H and O–H groups in total. The summed E-state index contributed by atoms with van der Waals surface area (Å²) in [7, 11) is 5.04. The molecule has 2 aromatic carbocycles. The lowest BCUT2D eigenvalue weighted by atomic mass is 9.90. The number of nitrogens with one attached hydrogen (secondary N) is 2. The third-order valence-electron chi connectivity index (χ3n) is 6.61. The number of carbonyl (C=O) groups excluding carboxylic acids is 1. The summed E-state index contributed by atoms with van der Waals surface area (Å²) in [6.45, 7) is 2.66. The van der Waals surface area contributed by atoms with Gasteiger partial charge in [0.15, 0.2) is 5.82 Å². The minimum Gasteiger partial charge on any atom is -0.497 e. The number of H-pyrrole nitrogens is 1. The van der Waals surface area contributed by atoms with Crippen LogP contribution < -0.4 is 10.1 Å². The van der Waals surface area contributed by atoms with Gasteiger partial charge in [-0.2, -0.15) is 0 Å². The van der Waals surface area contributed by atoms with Gasteiger partial charge in [-0.25, -0.2) is 19.3 Å². The predicted molar refractivity (Wildman–Crippen MR) is 147 cm³/mol. The molecule has 0 bridgehead atoms. The van der Waals surface area contributed by atoms with Crippen molar-refractivity contribution in [2.24, 2.45) is 5.41 Å². The van der Waals surface area contributed by atoms with Gasteiger partial charge in [0, 0.05) is 32.4 Å². The molecule has 1 fully saturated rings.